The lowest BCUT2D eigenvalue weighted by Crippen LogP contribution is -2.35. The van der Waals surface area contributed by atoms with Crippen LogP contribution in [0.2, 0.25) is 0 Å². The molecule has 0 aliphatic rings. The molecule has 0 aromatic heterocycles. The van der Waals surface area contributed by atoms with Crippen molar-refractivity contribution >= 4 is 17.6 Å². The molecule has 0 spiro atoms. The van der Waals surface area contributed by atoms with E-state index in [2.05, 4.69) is 10.6 Å². The molecule has 1 aromatic rings. The summed E-state index contributed by atoms with van der Waals surface area (Å²) in [4.78, 5) is 23.7. The molecule has 6 heteroatoms. The van der Waals surface area contributed by atoms with E-state index in [-0.39, 0.29) is 25.2 Å². The lowest BCUT2D eigenvalue weighted by molar-refractivity contribution is -0.124. The van der Waals surface area contributed by atoms with Gasteiger partial charge in [-0.05, 0) is 25.5 Å². The van der Waals surface area contributed by atoms with Crippen LogP contribution >= 0.6 is 0 Å². The molecule has 1 aromatic carbocycles. The topological polar surface area (TPSA) is 87.7 Å². The Labute approximate surface area is 130 Å². The van der Waals surface area contributed by atoms with E-state index in [1.54, 1.807) is 24.3 Å². The third-order valence-corrected chi connectivity index (χ3v) is 3.04. The number of esters is 1. The molecule has 0 fully saturated rings. The SMILES string of the molecule is CCC[C@H](C)NC(=O)COC(=O)c1ccccc1NCCO. The van der Waals surface area contributed by atoms with Gasteiger partial charge in [-0.2, -0.15) is 0 Å². The van der Waals surface area contributed by atoms with E-state index in [0.717, 1.165) is 12.8 Å². The van der Waals surface area contributed by atoms with Crippen LogP contribution in [0.5, 0.6) is 0 Å². The van der Waals surface area contributed by atoms with Crippen LogP contribution in [0.25, 0.3) is 0 Å². The highest BCUT2D eigenvalue weighted by Crippen LogP contribution is 2.15. The fraction of sp³-hybridized carbons (Fsp3) is 0.500. The zero-order valence-corrected chi connectivity index (χ0v) is 13.1. The predicted molar refractivity (Wildman–Crippen MR) is 84.8 cm³/mol. The number of hydrogen-bond donors (Lipinski definition) is 3. The highest BCUT2D eigenvalue weighted by Gasteiger charge is 2.14. The summed E-state index contributed by atoms with van der Waals surface area (Å²) in [6, 6.07) is 6.88. The molecule has 1 rings (SSSR count). The van der Waals surface area contributed by atoms with Gasteiger partial charge in [0.05, 0.1) is 12.2 Å². The minimum Gasteiger partial charge on any atom is -0.452 e. The van der Waals surface area contributed by atoms with Gasteiger partial charge in [0.25, 0.3) is 5.91 Å². The molecule has 0 radical (unpaired) electrons. The third-order valence-electron chi connectivity index (χ3n) is 3.04. The van der Waals surface area contributed by atoms with Crippen molar-refractivity contribution in [3.8, 4) is 0 Å². The number of anilines is 1. The molecule has 0 saturated heterocycles. The van der Waals surface area contributed by atoms with Gasteiger partial charge in [-0.3, -0.25) is 4.79 Å². The second-order valence-corrected chi connectivity index (χ2v) is 5.03. The van der Waals surface area contributed by atoms with Crippen molar-refractivity contribution in [1.82, 2.24) is 5.32 Å². The first-order valence-corrected chi connectivity index (χ1v) is 7.48. The summed E-state index contributed by atoms with van der Waals surface area (Å²) >= 11 is 0. The maximum atomic E-state index is 12.0. The lowest BCUT2D eigenvalue weighted by Gasteiger charge is -2.13. The van der Waals surface area contributed by atoms with Crippen molar-refractivity contribution in [1.29, 1.82) is 0 Å². The maximum Gasteiger partial charge on any atom is 0.340 e. The molecule has 122 valence electrons. The molecule has 1 amide bonds. The number of amides is 1. The van der Waals surface area contributed by atoms with E-state index in [0.29, 0.717) is 17.8 Å². The van der Waals surface area contributed by atoms with Gasteiger partial charge in [-0.1, -0.05) is 25.5 Å². The Bertz CT molecular complexity index is 491. The van der Waals surface area contributed by atoms with Gasteiger partial charge in [-0.15, -0.1) is 0 Å². The van der Waals surface area contributed by atoms with E-state index < -0.39 is 5.97 Å². The van der Waals surface area contributed by atoms with Crippen molar-refractivity contribution in [2.75, 3.05) is 25.1 Å². The van der Waals surface area contributed by atoms with Crippen molar-refractivity contribution in [2.24, 2.45) is 0 Å². The minimum absolute atomic E-state index is 0.0406. The molecule has 0 bridgehead atoms. The van der Waals surface area contributed by atoms with Crippen LogP contribution in [-0.2, 0) is 9.53 Å². The Morgan fingerprint density at radius 3 is 2.73 bits per heavy atom. The fourth-order valence-electron chi connectivity index (χ4n) is 2.04. The minimum atomic E-state index is -0.570. The van der Waals surface area contributed by atoms with Gasteiger partial charge >= 0.3 is 5.97 Å². The molecule has 0 aliphatic heterocycles. The van der Waals surface area contributed by atoms with Gasteiger partial charge in [0, 0.05) is 18.3 Å². The molecule has 0 saturated carbocycles. The van der Waals surface area contributed by atoms with Gasteiger partial charge in [-0.25, -0.2) is 4.79 Å². The van der Waals surface area contributed by atoms with E-state index in [1.807, 2.05) is 13.8 Å². The number of nitrogens with one attached hydrogen (secondary N) is 2. The summed E-state index contributed by atoms with van der Waals surface area (Å²) in [6.07, 6.45) is 1.86. The van der Waals surface area contributed by atoms with Gasteiger partial charge in [0.1, 0.15) is 0 Å². The summed E-state index contributed by atoms with van der Waals surface area (Å²) in [5.41, 5.74) is 0.909. The standard InChI is InChI=1S/C16H24N2O4/c1-3-6-12(2)18-15(20)11-22-16(21)13-7-4-5-8-14(13)17-9-10-19/h4-5,7-8,12,17,19H,3,6,9-11H2,1-2H3,(H,18,20)/t12-/m0/s1. The number of aliphatic hydroxyl groups is 1. The zero-order chi connectivity index (χ0) is 16.4. The molecule has 0 aliphatic carbocycles. The summed E-state index contributed by atoms with van der Waals surface area (Å²) in [5.74, 6) is -0.880. The lowest BCUT2D eigenvalue weighted by atomic mass is 10.2. The molecule has 0 unspecified atom stereocenters. The summed E-state index contributed by atoms with van der Waals surface area (Å²) in [5, 5.41) is 14.5. The normalized spacial score (nSPS) is 11.6. The highest BCUT2D eigenvalue weighted by molar-refractivity contribution is 5.96. The van der Waals surface area contributed by atoms with E-state index >= 15 is 0 Å². The predicted octanol–water partition coefficient (Wildman–Crippen LogP) is 1.55. The highest BCUT2D eigenvalue weighted by atomic mass is 16.5. The number of ether oxygens (including phenoxy) is 1. The molecule has 0 heterocycles. The number of rotatable bonds is 9. The average Bonchev–Trinajstić information content (AvgIpc) is 2.51. The Balaban J connectivity index is 2.53. The van der Waals surface area contributed by atoms with E-state index in [9.17, 15) is 9.59 Å². The maximum absolute atomic E-state index is 12.0. The first-order chi connectivity index (χ1) is 10.6. The average molecular weight is 308 g/mol. The van der Waals surface area contributed by atoms with Gasteiger partial charge in [0.2, 0.25) is 0 Å². The summed E-state index contributed by atoms with van der Waals surface area (Å²) < 4.78 is 5.04. The molecule has 22 heavy (non-hydrogen) atoms. The quantitative estimate of drug-likeness (QED) is 0.603. The van der Waals surface area contributed by atoms with Crippen LogP contribution in [0.15, 0.2) is 24.3 Å². The second kappa shape index (κ2) is 9.78. The number of benzene rings is 1. The molecule has 3 N–H and O–H groups in total. The van der Waals surface area contributed by atoms with Crippen molar-refractivity contribution < 1.29 is 19.4 Å². The Morgan fingerprint density at radius 2 is 2.05 bits per heavy atom. The van der Waals surface area contributed by atoms with Crippen molar-refractivity contribution in [2.45, 2.75) is 32.7 Å². The molecular formula is C16H24N2O4. The number of carbonyl (C=O) groups excluding carboxylic acids is 2. The van der Waals surface area contributed by atoms with E-state index in [1.165, 1.54) is 0 Å². The number of hydrogen-bond acceptors (Lipinski definition) is 5. The number of para-hydroxylation sites is 1. The Kier molecular flexibility index (Phi) is 7.99. The fourth-order valence-corrected chi connectivity index (χ4v) is 2.04. The Morgan fingerprint density at radius 1 is 1.32 bits per heavy atom. The van der Waals surface area contributed by atoms with Crippen LogP contribution in [-0.4, -0.2) is 42.8 Å². The van der Waals surface area contributed by atoms with Gasteiger partial charge in [0.15, 0.2) is 6.61 Å². The molecule has 6 nitrogen and oxygen atoms in total. The second-order valence-electron chi connectivity index (χ2n) is 5.03. The largest absolute Gasteiger partial charge is 0.452 e. The smallest absolute Gasteiger partial charge is 0.340 e. The van der Waals surface area contributed by atoms with Crippen molar-refractivity contribution in [3.63, 3.8) is 0 Å². The molecular weight excluding hydrogens is 284 g/mol. The number of carbonyl (C=O) groups is 2. The number of aliphatic hydroxyl groups excluding tert-OH is 1. The van der Waals surface area contributed by atoms with Gasteiger partial charge < -0.3 is 20.5 Å². The van der Waals surface area contributed by atoms with Crippen LogP contribution < -0.4 is 10.6 Å². The third kappa shape index (κ3) is 6.13. The van der Waals surface area contributed by atoms with Crippen LogP contribution in [0.3, 0.4) is 0 Å². The van der Waals surface area contributed by atoms with Crippen molar-refractivity contribution in [3.05, 3.63) is 29.8 Å². The summed E-state index contributed by atoms with van der Waals surface area (Å²) in [6.45, 7) is 3.94. The molecule has 1 atom stereocenters. The van der Waals surface area contributed by atoms with Crippen LogP contribution in [0, 0.1) is 0 Å². The monoisotopic (exact) mass is 308 g/mol. The summed E-state index contributed by atoms with van der Waals surface area (Å²) in [7, 11) is 0. The first kappa shape index (κ1) is 18.0. The Hall–Kier alpha value is -2.08. The van der Waals surface area contributed by atoms with Crippen LogP contribution in [0.1, 0.15) is 37.0 Å². The van der Waals surface area contributed by atoms with E-state index in [4.69, 9.17) is 9.84 Å². The van der Waals surface area contributed by atoms with Crippen LogP contribution in [0.4, 0.5) is 5.69 Å². The zero-order valence-electron chi connectivity index (χ0n) is 13.1. The first-order valence-electron chi connectivity index (χ1n) is 7.48.